The van der Waals surface area contributed by atoms with E-state index in [2.05, 4.69) is 4.98 Å². The summed E-state index contributed by atoms with van der Waals surface area (Å²) in [4.78, 5) is 42.6. The Kier molecular flexibility index (Phi) is 4.07. The van der Waals surface area contributed by atoms with Gasteiger partial charge < -0.3 is 9.25 Å². The first-order chi connectivity index (χ1) is 9.58. The molecule has 0 saturated heterocycles. The number of nitrogens with zero attached hydrogens (tertiary/aromatic N) is 1. The number of aromatic amines is 1. The van der Waals surface area contributed by atoms with Crippen LogP contribution in [-0.4, -0.2) is 16.3 Å². The molecule has 2 aromatic rings. The van der Waals surface area contributed by atoms with Crippen LogP contribution in [0.3, 0.4) is 0 Å². The lowest BCUT2D eigenvalue weighted by molar-refractivity contribution is 0.111. The van der Waals surface area contributed by atoms with Crippen molar-refractivity contribution in [3.63, 3.8) is 0 Å². The lowest BCUT2D eigenvalue weighted by atomic mass is 10.1. The van der Waals surface area contributed by atoms with Gasteiger partial charge in [-0.05, 0) is 25.3 Å². The maximum Gasteiger partial charge on any atom is 0.364 e. The summed E-state index contributed by atoms with van der Waals surface area (Å²) in [6.45, 7) is 3.89. The van der Waals surface area contributed by atoms with E-state index in [1.807, 2.05) is 6.92 Å². The molecule has 0 spiro atoms. The number of nitrogens with one attached hydrogen (secondary N) is 1. The van der Waals surface area contributed by atoms with Crippen LogP contribution in [0.5, 0.6) is 0 Å². The number of fused-ring (bicyclic) bond motifs is 1. The Morgan fingerprint density at radius 2 is 2.05 bits per heavy atom. The molecule has 108 valence electrons. The first-order valence-corrected chi connectivity index (χ1v) is 6.53. The summed E-state index contributed by atoms with van der Waals surface area (Å²) < 4.78 is 5.80. The SMILES string of the molecule is CCCCc1cc(=O)oc2c1c(=O)[nH]c(=O)n2OCC. The quantitative estimate of drug-likeness (QED) is 0.857. The molecule has 1 N–H and O–H groups in total. The fourth-order valence-corrected chi connectivity index (χ4v) is 2.03. The Morgan fingerprint density at radius 1 is 1.30 bits per heavy atom. The summed E-state index contributed by atoms with van der Waals surface area (Å²) in [7, 11) is 0. The molecule has 0 aromatic carbocycles. The molecule has 0 radical (unpaired) electrons. The molecule has 2 heterocycles. The van der Waals surface area contributed by atoms with Gasteiger partial charge in [-0.15, -0.1) is 0 Å². The number of unbranched alkanes of at least 4 members (excludes halogenated alkanes) is 1. The number of hydrogen-bond donors (Lipinski definition) is 1. The molecule has 0 bridgehead atoms. The average Bonchev–Trinajstić information content (AvgIpc) is 2.40. The zero-order valence-electron chi connectivity index (χ0n) is 11.4. The second-order valence-corrected chi connectivity index (χ2v) is 4.35. The van der Waals surface area contributed by atoms with E-state index < -0.39 is 16.9 Å². The first kappa shape index (κ1) is 14.1. The van der Waals surface area contributed by atoms with Gasteiger partial charge in [0.05, 0.1) is 0 Å². The van der Waals surface area contributed by atoms with Crippen molar-refractivity contribution in [2.24, 2.45) is 0 Å². The minimum Gasteiger partial charge on any atom is -0.406 e. The van der Waals surface area contributed by atoms with Crippen molar-refractivity contribution in [2.75, 3.05) is 6.61 Å². The highest BCUT2D eigenvalue weighted by molar-refractivity contribution is 5.75. The highest BCUT2D eigenvalue weighted by atomic mass is 16.7. The molecule has 2 rings (SSSR count). The summed E-state index contributed by atoms with van der Waals surface area (Å²) in [5.41, 5.74) is -1.52. The van der Waals surface area contributed by atoms with Gasteiger partial charge in [0.2, 0.25) is 0 Å². The summed E-state index contributed by atoms with van der Waals surface area (Å²) >= 11 is 0. The zero-order chi connectivity index (χ0) is 14.7. The topological polar surface area (TPSA) is 94.3 Å². The zero-order valence-corrected chi connectivity index (χ0v) is 11.4. The maximum atomic E-state index is 12.0. The molecule has 0 unspecified atom stereocenters. The molecule has 0 aliphatic heterocycles. The largest absolute Gasteiger partial charge is 0.406 e. The van der Waals surface area contributed by atoms with E-state index in [9.17, 15) is 14.4 Å². The Bertz CT molecular complexity index is 784. The van der Waals surface area contributed by atoms with Crippen LogP contribution in [0.2, 0.25) is 0 Å². The molecule has 2 aromatic heterocycles. The van der Waals surface area contributed by atoms with Crippen LogP contribution >= 0.6 is 0 Å². The summed E-state index contributed by atoms with van der Waals surface area (Å²) in [5, 5.41) is 0.186. The lowest BCUT2D eigenvalue weighted by Crippen LogP contribution is -2.35. The third kappa shape index (κ3) is 2.52. The van der Waals surface area contributed by atoms with Crippen LogP contribution in [0.15, 0.2) is 24.9 Å². The van der Waals surface area contributed by atoms with Gasteiger partial charge in [-0.2, -0.15) is 0 Å². The fourth-order valence-electron chi connectivity index (χ4n) is 2.03. The van der Waals surface area contributed by atoms with Crippen molar-refractivity contribution in [3.8, 4) is 0 Å². The molecule has 7 nitrogen and oxygen atoms in total. The van der Waals surface area contributed by atoms with Crippen molar-refractivity contribution in [1.29, 1.82) is 0 Å². The highest BCUT2D eigenvalue weighted by Crippen LogP contribution is 2.13. The van der Waals surface area contributed by atoms with Crippen LogP contribution in [-0.2, 0) is 6.42 Å². The molecule has 0 aliphatic carbocycles. The number of aryl methyl sites for hydroxylation is 1. The van der Waals surface area contributed by atoms with Gasteiger partial charge in [0, 0.05) is 6.07 Å². The third-order valence-corrected chi connectivity index (χ3v) is 2.90. The van der Waals surface area contributed by atoms with Gasteiger partial charge in [0.1, 0.15) is 12.0 Å². The molecule has 0 aliphatic rings. The lowest BCUT2D eigenvalue weighted by Gasteiger charge is -2.09. The van der Waals surface area contributed by atoms with Gasteiger partial charge >= 0.3 is 11.3 Å². The van der Waals surface area contributed by atoms with Crippen molar-refractivity contribution in [3.05, 3.63) is 42.9 Å². The average molecular weight is 280 g/mol. The van der Waals surface area contributed by atoms with Gasteiger partial charge in [-0.3, -0.25) is 9.78 Å². The molecule has 0 saturated carbocycles. The standard InChI is InChI=1S/C13H16N2O5/c1-3-5-6-8-7-9(16)20-12-10(8)11(17)14-13(18)15(12)19-4-2/h7H,3-6H2,1-2H3,(H,14,17,18). The third-order valence-electron chi connectivity index (χ3n) is 2.90. The highest BCUT2D eigenvalue weighted by Gasteiger charge is 2.15. The summed E-state index contributed by atoms with van der Waals surface area (Å²) in [6.07, 6.45) is 2.31. The van der Waals surface area contributed by atoms with Crippen LogP contribution < -0.4 is 21.7 Å². The predicted molar refractivity (Wildman–Crippen MR) is 73.1 cm³/mol. The van der Waals surface area contributed by atoms with Crippen LogP contribution in [0.1, 0.15) is 32.3 Å². The Morgan fingerprint density at radius 3 is 2.70 bits per heavy atom. The van der Waals surface area contributed by atoms with E-state index in [-0.39, 0.29) is 17.7 Å². The van der Waals surface area contributed by atoms with Gasteiger partial charge in [-0.25, -0.2) is 9.59 Å². The minimum absolute atomic E-state index is 0.140. The number of H-pyrrole nitrogens is 1. The van der Waals surface area contributed by atoms with Gasteiger partial charge in [0.15, 0.2) is 0 Å². The second kappa shape index (κ2) is 5.77. The molecular weight excluding hydrogens is 264 g/mol. The Labute approximate surface area is 113 Å². The Balaban J connectivity index is 2.83. The summed E-state index contributed by atoms with van der Waals surface area (Å²) in [5.74, 6) is 0. The maximum absolute atomic E-state index is 12.0. The van der Waals surface area contributed by atoms with Crippen LogP contribution in [0, 0.1) is 0 Å². The molecule has 20 heavy (non-hydrogen) atoms. The van der Waals surface area contributed by atoms with Gasteiger partial charge in [-0.1, -0.05) is 18.1 Å². The number of rotatable bonds is 5. The molecule has 0 amide bonds. The Hall–Kier alpha value is -2.31. The molecule has 0 atom stereocenters. The van der Waals surface area contributed by atoms with Crippen molar-refractivity contribution in [1.82, 2.24) is 9.71 Å². The van der Waals surface area contributed by atoms with Crippen molar-refractivity contribution < 1.29 is 9.25 Å². The van der Waals surface area contributed by atoms with Crippen molar-refractivity contribution in [2.45, 2.75) is 33.1 Å². The number of hydrogen-bond acceptors (Lipinski definition) is 5. The van der Waals surface area contributed by atoms with Crippen LogP contribution in [0.4, 0.5) is 0 Å². The van der Waals surface area contributed by atoms with Gasteiger partial charge in [0.25, 0.3) is 11.3 Å². The minimum atomic E-state index is -0.764. The van der Waals surface area contributed by atoms with Crippen molar-refractivity contribution >= 4 is 11.1 Å². The van der Waals surface area contributed by atoms with E-state index in [0.29, 0.717) is 12.0 Å². The van der Waals surface area contributed by atoms with E-state index in [4.69, 9.17) is 9.25 Å². The normalized spacial score (nSPS) is 10.9. The fraction of sp³-hybridized carbons (Fsp3) is 0.462. The molecule has 7 heteroatoms. The number of aromatic nitrogens is 2. The van der Waals surface area contributed by atoms with E-state index in [0.717, 1.165) is 17.6 Å². The second-order valence-electron chi connectivity index (χ2n) is 4.35. The molecular formula is C13H16N2O5. The summed E-state index contributed by atoms with van der Waals surface area (Å²) in [6, 6.07) is 1.29. The van der Waals surface area contributed by atoms with Crippen LogP contribution in [0.25, 0.3) is 11.1 Å². The van der Waals surface area contributed by atoms with E-state index >= 15 is 0 Å². The smallest absolute Gasteiger partial charge is 0.364 e. The first-order valence-electron chi connectivity index (χ1n) is 6.53. The van der Waals surface area contributed by atoms with E-state index in [1.165, 1.54) is 6.07 Å². The predicted octanol–water partition coefficient (Wildman–Crippen LogP) is 0.434. The molecule has 0 fully saturated rings. The monoisotopic (exact) mass is 280 g/mol. The van der Waals surface area contributed by atoms with E-state index in [1.54, 1.807) is 6.92 Å².